The summed E-state index contributed by atoms with van der Waals surface area (Å²) in [5, 5.41) is 19.4. The maximum absolute atomic E-state index is 10.5. The summed E-state index contributed by atoms with van der Waals surface area (Å²) in [7, 11) is 0. The highest BCUT2D eigenvalue weighted by Gasteiger charge is 2.33. The SMILES string of the molecule is OCCC1CCN(CC2(O)CCCCC2)C1. The van der Waals surface area contributed by atoms with Crippen LogP contribution in [0.1, 0.15) is 44.9 Å². The van der Waals surface area contributed by atoms with Crippen LogP contribution in [0.5, 0.6) is 0 Å². The molecule has 3 nitrogen and oxygen atoms in total. The molecule has 1 unspecified atom stereocenters. The Morgan fingerprint density at radius 3 is 2.62 bits per heavy atom. The van der Waals surface area contributed by atoms with Crippen molar-refractivity contribution in [1.29, 1.82) is 0 Å². The van der Waals surface area contributed by atoms with Crippen molar-refractivity contribution in [3.05, 3.63) is 0 Å². The molecule has 0 aromatic heterocycles. The summed E-state index contributed by atoms with van der Waals surface area (Å²) in [4.78, 5) is 2.39. The first-order chi connectivity index (χ1) is 7.72. The Hall–Kier alpha value is -0.120. The molecule has 1 saturated carbocycles. The average molecular weight is 227 g/mol. The smallest absolute Gasteiger partial charge is 0.0774 e. The predicted molar refractivity (Wildman–Crippen MR) is 64.3 cm³/mol. The molecule has 2 rings (SSSR count). The molecule has 2 N–H and O–H groups in total. The Morgan fingerprint density at radius 2 is 1.94 bits per heavy atom. The van der Waals surface area contributed by atoms with Gasteiger partial charge in [0.1, 0.15) is 0 Å². The van der Waals surface area contributed by atoms with E-state index in [0.29, 0.717) is 12.5 Å². The first-order valence-electron chi connectivity index (χ1n) is 6.77. The summed E-state index contributed by atoms with van der Waals surface area (Å²) < 4.78 is 0. The molecule has 1 aliphatic carbocycles. The molecule has 1 saturated heterocycles. The van der Waals surface area contributed by atoms with Crippen LogP contribution >= 0.6 is 0 Å². The molecule has 3 heteroatoms. The maximum atomic E-state index is 10.5. The molecule has 1 heterocycles. The fourth-order valence-electron chi connectivity index (χ4n) is 3.26. The molecule has 94 valence electrons. The van der Waals surface area contributed by atoms with Gasteiger partial charge < -0.3 is 15.1 Å². The van der Waals surface area contributed by atoms with Gasteiger partial charge in [-0.25, -0.2) is 0 Å². The van der Waals surface area contributed by atoms with E-state index in [4.69, 9.17) is 5.11 Å². The third-order valence-corrected chi connectivity index (χ3v) is 4.21. The molecular formula is C13H25NO2. The number of rotatable bonds is 4. The Balaban J connectivity index is 1.77. The van der Waals surface area contributed by atoms with E-state index in [-0.39, 0.29) is 0 Å². The molecule has 0 aromatic carbocycles. The number of aliphatic hydroxyl groups is 2. The zero-order valence-electron chi connectivity index (χ0n) is 10.2. The van der Waals surface area contributed by atoms with Crippen LogP contribution in [0.15, 0.2) is 0 Å². The lowest BCUT2D eigenvalue weighted by atomic mass is 9.84. The van der Waals surface area contributed by atoms with Crippen molar-refractivity contribution in [3.63, 3.8) is 0 Å². The van der Waals surface area contributed by atoms with E-state index < -0.39 is 5.60 Å². The van der Waals surface area contributed by atoms with Gasteiger partial charge in [-0.05, 0) is 38.1 Å². The van der Waals surface area contributed by atoms with Crippen molar-refractivity contribution in [3.8, 4) is 0 Å². The van der Waals surface area contributed by atoms with Gasteiger partial charge >= 0.3 is 0 Å². The second kappa shape index (κ2) is 5.48. The normalized spacial score (nSPS) is 30.8. The lowest BCUT2D eigenvalue weighted by Gasteiger charge is -2.35. The van der Waals surface area contributed by atoms with Gasteiger partial charge in [0.15, 0.2) is 0 Å². The molecule has 1 aliphatic heterocycles. The van der Waals surface area contributed by atoms with Gasteiger partial charge in [0.05, 0.1) is 5.60 Å². The second-order valence-corrected chi connectivity index (χ2v) is 5.69. The largest absolute Gasteiger partial charge is 0.396 e. The minimum Gasteiger partial charge on any atom is -0.396 e. The van der Waals surface area contributed by atoms with Crippen LogP contribution in [0.2, 0.25) is 0 Å². The summed E-state index contributed by atoms with van der Waals surface area (Å²) in [5.41, 5.74) is -0.410. The van der Waals surface area contributed by atoms with Crippen LogP contribution in [0.25, 0.3) is 0 Å². The van der Waals surface area contributed by atoms with E-state index in [2.05, 4.69) is 4.90 Å². The van der Waals surface area contributed by atoms with Crippen molar-refractivity contribution in [2.75, 3.05) is 26.2 Å². The maximum Gasteiger partial charge on any atom is 0.0774 e. The quantitative estimate of drug-likeness (QED) is 0.762. The van der Waals surface area contributed by atoms with Crippen molar-refractivity contribution in [2.24, 2.45) is 5.92 Å². The van der Waals surface area contributed by atoms with Crippen molar-refractivity contribution < 1.29 is 10.2 Å². The summed E-state index contributed by atoms with van der Waals surface area (Å²) >= 11 is 0. The van der Waals surface area contributed by atoms with Crippen LogP contribution in [0.4, 0.5) is 0 Å². The van der Waals surface area contributed by atoms with E-state index in [0.717, 1.165) is 38.9 Å². The monoisotopic (exact) mass is 227 g/mol. The number of hydrogen-bond acceptors (Lipinski definition) is 3. The van der Waals surface area contributed by atoms with E-state index in [1.807, 2.05) is 0 Å². The fourth-order valence-corrected chi connectivity index (χ4v) is 3.26. The highest BCUT2D eigenvalue weighted by molar-refractivity contribution is 4.88. The molecular weight excluding hydrogens is 202 g/mol. The topological polar surface area (TPSA) is 43.7 Å². The molecule has 16 heavy (non-hydrogen) atoms. The minimum absolute atomic E-state index is 0.308. The summed E-state index contributed by atoms with van der Waals surface area (Å²) in [6.45, 7) is 3.34. The van der Waals surface area contributed by atoms with Crippen LogP contribution in [0, 0.1) is 5.92 Å². The molecule has 2 aliphatic rings. The van der Waals surface area contributed by atoms with Crippen molar-refractivity contribution in [2.45, 2.75) is 50.5 Å². The molecule has 1 atom stereocenters. The Morgan fingerprint density at radius 1 is 1.19 bits per heavy atom. The summed E-state index contributed by atoms with van der Waals surface area (Å²) in [6, 6.07) is 0. The first kappa shape index (κ1) is 12.3. The average Bonchev–Trinajstić information content (AvgIpc) is 2.66. The highest BCUT2D eigenvalue weighted by Crippen LogP contribution is 2.30. The van der Waals surface area contributed by atoms with Crippen molar-refractivity contribution in [1.82, 2.24) is 4.90 Å². The Bertz CT molecular complexity index is 214. The molecule has 0 spiro atoms. The minimum atomic E-state index is -0.410. The number of likely N-dealkylation sites (tertiary alicyclic amines) is 1. The lowest BCUT2D eigenvalue weighted by Crippen LogP contribution is -2.43. The van der Waals surface area contributed by atoms with Crippen LogP contribution in [-0.2, 0) is 0 Å². The zero-order chi connectivity index (χ0) is 11.4. The number of β-amino-alcohol motifs (C(OH)–C–C–N with tert-alkyl or cyclic N) is 1. The number of hydrogen-bond donors (Lipinski definition) is 2. The molecule has 0 bridgehead atoms. The van der Waals surface area contributed by atoms with E-state index in [1.54, 1.807) is 0 Å². The predicted octanol–water partition coefficient (Wildman–Crippen LogP) is 1.39. The van der Waals surface area contributed by atoms with E-state index in [9.17, 15) is 5.11 Å². The lowest BCUT2D eigenvalue weighted by molar-refractivity contribution is -0.0222. The summed E-state index contributed by atoms with van der Waals surface area (Å²) in [5.74, 6) is 0.650. The van der Waals surface area contributed by atoms with Gasteiger partial charge in [0.25, 0.3) is 0 Å². The van der Waals surface area contributed by atoms with Gasteiger partial charge in [-0.15, -0.1) is 0 Å². The van der Waals surface area contributed by atoms with Crippen LogP contribution in [-0.4, -0.2) is 47.0 Å². The van der Waals surface area contributed by atoms with Crippen LogP contribution < -0.4 is 0 Å². The Kier molecular flexibility index (Phi) is 4.22. The standard InChI is InChI=1S/C13H25NO2/c15-9-5-12-4-8-14(10-12)11-13(16)6-2-1-3-7-13/h12,15-16H,1-11H2. The van der Waals surface area contributed by atoms with Crippen LogP contribution in [0.3, 0.4) is 0 Å². The highest BCUT2D eigenvalue weighted by atomic mass is 16.3. The third-order valence-electron chi connectivity index (χ3n) is 4.21. The van der Waals surface area contributed by atoms with Gasteiger partial charge in [-0.1, -0.05) is 19.3 Å². The molecule has 2 fully saturated rings. The number of nitrogens with zero attached hydrogens (tertiary/aromatic N) is 1. The first-order valence-corrected chi connectivity index (χ1v) is 6.77. The van der Waals surface area contributed by atoms with Gasteiger partial charge in [0.2, 0.25) is 0 Å². The second-order valence-electron chi connectivity index (χ2n) is 5.69. The van der Waals surface area contributed by atoms with Gasteiger partial charge in [0, 0.05) is 19.7 Å². The molecule has 0 aromatic rings. The molecule has 0 radical (unpaired) electrons. The Labute approximate surface area is 98.5 Å². The molecule has 0 amide bonds. The van der Waals surface area contributed by atoms with Crippen molar-refractivity contribution >= 4 is 0 Å². The van der Waals surface area contributed by atoms with E-state index in [1.165, 1.54) is 25.7 Å². The number of aliphatic hydroxyl groups excluding tert-OH is 1. The van der Waals surface area contributed by atoms with E-state index >= 15 is 0 Å². The zero-order valence-corrected chi connectivity index (χ0v) is 10.2. The third kappa shape index (κ3) is 3.19. The fraction of sp³-hybridized carbons (Fsp3) is 1.00. The summed E-state index contributed by atoms with van der Waals surface area (Å²) in [6.07, 6.45) is 7.73. The van der Waals surface area contributed by atoms with Gasteiger partial charge in [-0.3, -0.25) is 0 Å². The van der Waals surface area contributed by atoms with Gasteiger partial charge in [-0.2, -0.15) is 0 Å².